The van der Waals surface area contributed by atoms with E-state index in [-0.39, 0.29) is 47.6 Å². The fourth-order valence-corrected chi connectivity index (χ4v) is 14.5. The van der Waals surface area contributed by atoms with Gasteiger partial charge in [0.1, 0.15) is 23.4 Å². The summed E-state index contributed by atoms with van der Waals surface area (Å²) in [5.41, 5.74) is 11.4. The molecule has 68 heavy (non-hydrogen) atoms. The number of nitrogens with two attached hydrogens (primary N) is 1. The number of nitrogens with one attached hydrogen (secondary N) is 1. The molecule has 4 aromatic carbocycles. The first-order chi connectivity index (χ1) is 32.8. The largest absolute Gasteiger partial charge is 0.507 e. The molecule has 6 N–H and O–H groups in total. The molecule has 1 spiro atoms. The highest BCUT2D eigenvalue weighted by atomic mass is 16.5. The van der Waals surface area contributed by atoms with Gasteiger partial charge in [-0.25, -0.2) is 0 Å². The first-order valence-electron chi connectivity index (χ1n) is 25.4. The number of benzene rings is 4. The number of rotatable bonds is 10. The number of ether oxygens (including phenoxy) is 1. The quantitative estimate of drug-likeness (QED) is 0.109. The molecule has 0 unspecified atom stereocenters. The zero-order chi connectivity index (χ0) is 46.7. The lowest BCUT2D eigenvalue weighted by Gasteiger charge is -2.63. The molecule has 0 radical (unpaired) electrons. The van der Waals surface area contributed by atoms with Crippen LogP contribution in [-0.2, 0) is 34.9 Å². The van der Waals surface area contributed by atoms with Gasteiger partial charge in [-0.05, 0) is 147 Å². The summed E-state index contributed by atoms with van der Waals surface area (Å²) in [6, 6.07) is 26.1. The average Bonchev–Trinajstić information content (AvgIpc) is 4.28. The van der Waals surface area contributed by atoms with Crippen LogP contribution in [0.15, 0.2) is 91.0 Å². The van der Waals surface area contributed by atoms with Gasteiger partial charge in [0, 0.05) is 61.1 Å². The van der Waals surface area contributed by atoms with E-state index in [4.69, 9.17) is 10.5 Å². The number of likely N-dealkylation sites (tertiary alicyclic amines) is 2. The molecule has 11 nitrogen and oxygen atoms in total. The number of phenols is 1. The predicted molar refractivity (Wildman–Crippen MR) is 259 cm³/mol. The highest BCUT2D eigenvalue weighted by Gasteiger charge is 2.72. The van der Waals surface area contributed by atoms with Gasteiger partial charge in [-0.15, -0.1) is 0 Å². The minimum atomic E-state index is -1.08. The van der Waals surface area contributed by atoms with Crippen molar-refractivity contribution in [1.29, 1.82) is 0 Å². The van der Waals surface area contributed by atoms with Crippen LogP contribution < -0.4 is 15.8 Å². The maximum atomic E-state index is 13.3. The number of aliphatic hydroxyl groups is 2. The second-order valence-corrected chi connectivity index (χ2v) is 22.0. The monoisotopic (exact) mass is 916 g/mol. The van der Waals surface area contributed by atoms with Crippen molar-refractivity contribution in [1.82, 2.24) is 15.1 Å². The van der Waals surface area contributed by atoms with E-state index in [0.29, 0.717) is 61.4 Å². The average molecular weight is 917 g/mol. The SMILES string of the molecule is C=C1CC[C@@]2(O)[C@H]3Cc4ccc(C(N)=O)c5c4[C@@]2(CCN3CC2CC2)[C@H]1O5.O=C1CC[C@@]2(O)[C@H]3Cc4ccc(C(=O)NCCc5ccc(-c6ccccc6)cc5)c(O)c4[C@@]2(CCN3CC2CC2)C1. The molecule has 4 bridgehead atoms. The van der Waals surface area contributed by atoms with Crippen LogP contribution in [0.25, 0.3) is 11.1 Å². The predicted octanol–water partition coefficient (Wildman–Crippen LogP) is 6.70. The Morgan fingerprint density at radius 2 is 1.37 bits per heavy atom. The lowest BCUT2D eigenvalue weighted by molar-refractivity contribution is -0.174. The number of ketones is 1. The van der Waals surface area contributed by atoms with Crippen LogP contribution in [0.1, 0.15) is 119 Å². The second-order valence-electron chi connectivity index (χ2n) is 22.0. The number of nitrogens with zero attached hydrogens (tertiary/aromatic N) is 2. The van der Waals surface area contributed by atoms with Gasteiger partial charge in [-0.3, -0.25) is 24.2 Å². The zero-order valence-corrected chi connectivity index (χ0v) is 39.0. The molecule has 3 aliphatic heterocycles. The van der Waals surface area contributed by atoms with Crippen LogP contribution in [0.2, 0.25) is 0 Å². The van der Waals surface area contributed by atoms with E-state index >= 15 is 0 Å². The van der Waals surface area contributed by atoms with Crippen molar-refractivity contribution >= 4 is 17.6 Å². The van der Waals surface area contributed by atoms with Crippen molar-refractivity contribution in [3.05, 3.63) is 130 Å². The number of hydrogen-bond donors (Lipinski definition) is 5. The molecule has 4 saturated carbocycles. The Hall–Kier alpha value is -5.33. The molecule has 13 rings (SSSR count). The van der Waals surface area contributed by atoms with Crippen LogP contribution >= 0.6 is 0 Å². The van der Waals surface area contributed by atoms with Gasteiger partial charge in [-0.2, -0.15) is 0 Å². The Balaban J connectivity index is 0.000000153. The van der Waals surface area contributed by atoms with Gasteiger partial charge in [-0.1, -0.05) is 73.3 Å². The number of phenolic OH excluding ortho intramolecular Hbond substituents is 1. The fourth-order valence-electron chi connectivity index (χ4n) is 14.5. The summed E-state index contributed by atoms with van der Waals surface area (Å²) < 4.78 is 6.40. The molecular formula is C57H64N4O7. The van der Waals surface area contributed by atoms with Crippen molar-refractivity contribution in [2.45, 2.75) is 130 Å². The minimum absolute atomic E-state index is 0.0607. The number of Topliss-reactive ketones (excluding diaryl/α,β-unsaturated/α-hetero) is 1. The highest BCUT2D eigenvalue weighted by Crippen LogP contribution is 2.66. The van der Waals surface area contributed by atoms with E-state index in [1.165, 1.54) is 36.8 Å². The van der Waals surface area contributed by atoms with Gasteiger partial charge in [0.05, 0.1) is 27.7 Å². The van der Waals surface area contributed by atoms with E-state index in [9.17, 15) is 29.7 Å². The van der Waals surface area contributed by atoms with E-state index in [0.717, 1.165) is 85.6 Å². The molecular weight excluding hydrogens is 853 g/mol. The second kappa shape index (κ2) is 16.1. The van der Waals surface area contributed by atoms with Crippen LogP contribution in [0.5, 0.6) is 11.5 Å². The summed E-state index contributed by atoms with van der Waals surface area (Å²) in [4.78, 5) is 43.2. The van der Waals surface area contributed by atoms with Crippen LogP contribution in [-0.4, -0.2) is 105 Å². The summed E-state index contributed by atoms with van der Waals surface area (Å²) in [7, 11) is 0. The van der Waals surface area contributed by atoms with Crippen molar-refractivity contribution in [2.75, 3.05) is 32.7 Å². The summed E-state index contributed by atoms with van der Waals surface area (Å²) in [6.07, 6.45) is 10.9. The lowest BCUT2D eigenvalue weighted by Crippen LogP contribution is -2.75. The Morgan fingerprint density at radius 3 is 2.04 bits per heavy atom. The van der Waals surface area contributed by atoms with Gasteiger partial charge in [0.15, 0.2) is 0 Å². The third-order valence-electron chi connectivity index (χ3n) is 18.3. The summed E-state index contributed by atoms with van der Waals surface area (Å²) in [5, 5.41) is 39.1. The highest BCUT2D eigenvalue weighted by molar-refractivity contribution is 5.98. The molecule has 2 saturated heterocycles. The first-order valence-corrected chi connectivity index (χ1v) is 25.4. The first kappa shape index (κ1) is 43.9. The van der Waals surface area contributed by atoms with E-state index in [1.54, 1.807) is 12.1 Å². The van der Waals surface area contributed by atoms with Gasteiger partial charge in [0.25, 0.3) is 11.8 Å². The molecule has 11 heteroatoms. The third kappa shape index (κ3) is 6.69. The molecule has 6 aliphatic carbocycles. The summed E-state index contributed by atoms with van der Waals surface area (Å²) >= 11 is 0. The van der Waals surface area contributed by atoms with Crippen molar-refractivity contribution in [3.63, 3.8) is 0 Å². The van der Waals surface area contributed by atoms with E-state index in [1.807, 2.05) is 30.3 Å². The number of hydrogen-bond acceptors (Lipinski definition) is 9. The number of carbonyl (C=O) groups is 3. The number of amides is 2. The molecule has 3 heterocycles. The Morgan fingerprint density at radius 1 is 0.750 bits per heavy atom. The van der Waals surface area contributed by atoms with E-state index in [2.05, 4.69) is 58.1 Å². The maximum Gasteiger partial charge on any atom is 0.255 e. The summed E-state index contributed by atoms with van der Waals surface area (Å²) in [6.45, 7) is 8.58. The molecule has 4 aromatic rings. The third-order valence-corrected chi connectivity index (χ3v) is 18.3. The molecule has 9 aliphatic rings. The number of carbonyl (C=O) groups excluding carboxylic acids is 3. The van der Waals surface area contributed by atoms with Crippen LogP contribution in [0.4, 0.5) is 0 Å². The van der Waals surface area contributed by atoms with Gasteiger partial charge in [0.2, 0.25) is 0 Å². The van der Waals surface area contributed by atoms with Crippen molar-refractivity contribution in [2.24, 2.45) is 17.6 Å². The minimum Gasteiger partial charge on any atom is -0.507 e. The van der Waals surface area contributed by atoms with E-state index < -0.39 is 27.9 Å². The van der Waals surface area contributed by atoms with Gasteiger partial charge < -0.3 is 31.1 Å². The lowest BCUT2D eigenvalue weighted by atomic mass is 9.48. The molecule has 7 atom stereocenters. The smallest absolute Gasteiger partial charge is 0.255 e. The molecule has 0 aromatic heterocycles. The Kier molecular flexibility index (Phi) is 10.4. The molecule has 354 valence electrons. The van der Waals surface area contributed by atoms with Gasteiger partial charge >= 0.3 is 0 Å². The Labute approximate surface area is 398 Å². The number of primary amides is 1. The normalized spacial score (nSPS) is 31.9. The number of aromatic hydroxyl groups is 1. The van der Waals surface area contributed by atoms with Crippen LogP contribution in [0.3, 0.4) is 0 Å². The van der Waals surface area contributed by atoms with Crippen LogP contribution in [0, 0.1) is 11.8 Å². The molecule has 2 amide bonds. The van der Waals surface area contributed by atoms with Crippen molar-refractivity contribution in [3.8, 4) is 22.6 Å². The molecule has 6 fully saturated rings. The summed E-state index contributed by atoms with van der Waals surface area (Å²) in [5.74, 6) is 1.39. The zero-order valence-electron chi connectivity index (χ0n) is 39.0. The number of fused-ring (bicyclic) bond motifs is 1. The fraction of sp³-hybridized carbons (Fsp3) is 0.491. The van der Waals surface area contributed by atoms with Crippen molar-refractivity contribution < 1.29 is 34.4 Å². The Bertz CT molecular complexity index is 2730. The maximum absolute atomic E-state index is 13.3. The topological polar surface area (TPSA) is 166 Å². The number of piperidine rings is 2. The standard InChI is InChI=1S/C35H38N2O4.C22H26N2O3/c38-28-14-16-35(41)30-20-27-12-13-29(32(39)31(27)34(35,21-28)17-19-37(30)22-24-6-7-24)33(40)36-18-15-23-8-10-26(11-9-23)25-4-2-1-3-5-25;1-12-6-7-22(26)16-10-14-4-5-15(20(23)25)18-17(14)21(22,19(12)27-18)8-9-24(16)11-13-2-3-13/h1-5,8-13,24,30,39,41H,6-7,14-22H2,(H,36,40);4-5,13,16,19,26H,1-3,6-11H2,(H2,23,25)/t30-,34-,35-;16-,19+,21+,22-/m11/s1.